The molecule has 0 aromatic carbocycles. The van der Waals surface area contributed by atoms with E-state index in [1.54, 1.807) is 0 Å². The van der Waals surface area contributed by atoms with E-state index in [1.165, 1.54) is 6.92 Å². The van der Waals surface area contributed by atoms with Gasteiger partial charge in [0.1, 0.15) is 0 Å². The van der Waals surface area contributed by atoms with Crippen LogP contribution >= 0.6 is 15.8 Å². The molecule has 0 aliphatic rings. The molecule has 0 aromatic heterocycles. The van der Waals surface area contributed by atoms with E-state index in [9.17, 15) is 13.9 Å². The van der Waals surface area contributed by atoms with Gasteiger partial charge in [-0.15, -0.1) is 0 Å². The average molecular weight is 262 g/mol. The Morgan fingerprint density at radius 1 is 1.44 bits per heavy atom. The molecule has 0 amide bonds. The van der Waals surface area contributed by atoms with Crippen LogP contribution in [0.25, 0.3) is 0 Å². The molecule has 1 atom stereocenters. The number of hydrogen-bond donors (Lipinski definition) is 2. The summed E-state index contributed by atoms with van der Waals surface area (Å²) in [6.45, 7) is 1.74. The third kappa shape index (κ3) is 4.11. The van der Waals surface area contributed by atoms with E-state index in [2.05, 4.69) is 11.5 Å². The van der Waals surface area contributed by atoms with Gasteiger partial charge in [0.15, 0.2) is 0 Å². The predicted octanol–water partition coefficient (Wildman–Crippen LogP) is 1.29. The van der Waals surface area contributed by atoms with Gasteiger partial charge in [-0.25, -0.2) is 0 Å². The van der Waals surface area contributed by atoms with Crippen LogP contribution in [0.5, 0.6) is 0 Å². The summed E-state index contributed by atoms with van der Waals surface area (Å²) in [6, 6.07) is 0. The molecule has 16 heavy (non-hydrogen) atoms. The van der Waals surface area contributed by atoms with Crippen LogP contribution < -0.4 is 5.73 Å². The third-order valence-corrected chi connectivity index (χ3v) is 2.67. The van der Waals surface area contributed by atoms with E-state index in [4.69, 9.17) is 10.8 Å². The molecule has 3 N–H and O–H groups in total. The summed E-state index contributed by atoms with van der Waals surface area (Å²) in [5.74, 6) is 3.30. The van der Waals surface area contributed by atoms with Crippen LogP contribution in [0.4, 0.5) is 0 Å². The summed E-state index contributed by atoms with van der Waals surface area (Å²) in [5, 5.41) is 9.11. The van der Waals surface area contributed by atoms with Crippen molar-refractivity contribution in [3.05, 3.63) is 0 Å². The zero-order valence-electron chi connectivity index (χ0n) is 8.71. The first-order valence-corrected chi connectivity index (χ1v) is 6.05. The number of carboxylic acid groups (broad SMARTS) is 1. The molecule has 0 aromatic rings. The van der Waals surface area contributed by atoms with Gasteiger partial charge in [0.25, 0.3) is 0 Å². The molecule has 0 heterocycles. The molecular formula is C8H12N2O4P2. The fraction of sp³-hybridized carbons (Fsp3) is 0.625. The number of nitrogens with zero attached hydrogens (tertiary/aromatic N) is 1. The first-order chi connectivity index (χ1) is 7.52. The Bertz CT molecular complexity index is 426. The van der Waals surface area contributed by atoms with Gasteiger partial charge in [0.05, 0.1) is 0 Å². The number of rotatable bonds is 5. The van der Waals surface area contributed by atoms with Gasteiger partial charge in [0.2, 0.25) is 0 Å². The summed E-state index contributed by atoms with van der Waals surface area (Å²) in [6.07, 6.45) is 0.679. The molecule has 0 radical (unpaired) electrons. The van der Waals surface area contributed by atoms with Crippen LogP contribution in [0.2, 0.25) is 0 Å². The maximum absolute atomic E-state index is 11.1. The van der Waals surface area contributed by atoms with Crippen LogP contribution in [0.15, 0.2) is 0 Å². The predicted molar refractivity (Wildman–Crippen MR) is 59.2 cm³/mol. The van der Waals surface area contributed by atoms with E-state index in [0.29, 0.717) is 13.0 Å². The zero-order chi connectivity index (χ0) is 12.6. The fourth-order valence-corrected chi connectivity index (χ4v) is 1.87. The number of nitrogens with two attached hydrogens (primary N) is 1. The van der Waals surface area contributed by atoms with E-state index >= 15 is 0 Å². The molecule has 6 nitrogen and oxygen atoms in total. The van der Waals surface area contributed by atoms with Gasteiger partial charge in [-0.05, 0) is 0 Å². The topological polar surface area (TPSA) is 101 Å². The van der Waals surface area contributed by atoms with Gasteiger partial charge >= 0.3 is 94.8 Å². The number of carbonyl (C=O) groups is 1. The van der Waals surface area contributed by atoms with E-state index in [1.807, 2.05) is 0 Å². The van der Waals surface area contributed by atoms with Crippen molar-refractivity contribution in [2.75, 3.05) is 6.54 Å². The Labute approximate surface area is 95.4 Å². The van der Waals surface area contributed by atoms with Crippen LogP contribution in [-0.4, -0.2) is 28.1 Å². The second kappa shape index (κ2) is 7.65. The molecule has 0 aliphatic heterocycles. The summed E-state index contributed by atoms with van der Waals surface area (Å²) in [7, 11) is -1.00. The van der Waals surface area contributed by atoms with Crippen molar-refractivity contribution in [2.24, 2.45) is 5.73 Å². The van der Waals surface area contributed by atoms with Crippen molar-refractivity contribution in [3.8, 4) is 11.5 Å². The van der Waals surface area contributed by atoms with Crippen molar-refractivity contribution in [1.82, 2.24) is 4.90 Å². The molecule has 0 saturated carbocycles. The summed E-state index contributed by atoms with van der Waals surface area (Å²) < 4.78 is 20.8. The standard InChI is InChI=1S/C8H12N2O4P2/c1-8(7(11)12,3-2-4-9)10(5-15-13)6-16-14/h2-4,9H2,1H3,(H,11,12)/t8-/m0/s1. The Morgan fingerprint density at radius 2 is 1.94 bits per heavy atom. The van der Waals surface area contributed by atoms with Gasteiger partial charge in [-0.1, -0.05) is 0 Å². The van der Waals surface area contributed by atoms with Crippen LogP contribution in [-0.2, 0) is 13.9 Å². The fourth-order valence-electron chi connectivity index (χ4n) is 1.09. The van der Waals surface area contributed by atoms with Gasteiger partial charge in [-0.3, -0.25) is 0 Å². The average Bonchev–Trinajstić information content (AvgIpc) is 2.25. The Hall–Kier alpha value is -0.590. The summed E-state index contributed by atoms with van der Waals surface area (Å²) >= 11 is 0. The summed E-state index contributed by atoms with van der Waals surface area (Å²) in [5.41, 5.74) is 3.91. The van der Waals surface area contributed by atoms with Crippen molar-refractivity contribution >= 4 is 21.8 Å². The molecule has 8 heteroatoms. The van der Waals surface area contributed by atoms with Crippen LogP contribution in [0.1, 0.15) is 19.8 Å². The SMILES string of the molecule is C[C@](CCCN)(C(=O)O)N(C#P=O)C#P=O. The van der Waals surface area contributed by atoms with E-state index in [-0.39, 0.29) is 6.42 Å². The Morgan fingerprint density at radius 3 is 2.25 bits per heavy atom. The van der Waals surface area contributed by atoms with E-state index < -0.39 is 27.3 Å². The normalized spacial score (nSPS) is 13.4. The van der Waals surface area contributed by atoms with Gasteiger partial charge in [-0.2, -0.15) is 0 Å². The minimum atomic E-state index is -1.39. The van der Waals surface area contributed by atoms with E-state index in [0.717, 1.165) is 4.90 Å². The molecular weight excluding hydrogens is 250 g/mol. The van der Waals surface area contributed by atoms with Crippen LogP contribution in [0.3, 0.4) is 0 Å². The second-order valence-electron chi connectivity index (χ2n) is 3.19. The number of aliphatic carboxylic acids is 1. The monoisotopic (exact) mass is 262 g/mol. The van der Waals surface area contributed by atoms with Crippen molar-refractivity contribution in [1.29, 1.82) is 0 Å². The molecule has 88 valence electrons. The van der Waals surface area contributed by atoms with Crippen molar-refractivity contribution < 1.29 is 19.0 Å². The van der Waals surface area contributed by atoms with Gasteiger partial charge < -0.3 is 0 Å². The maximum atomic E-state index is 11.1. The van der Waals surface area contributed by atoms with Crippen LogP contribution in [0, 0.1) is 11.5 Å². The molecule has 0 fully saturated rings. The first-order valence-electron chi connectivity index (χ1n) is 4.42. The third-order valence-electron chi connectivity index (χ3n) is 2.10. The molecule has 0 spiro atoms. The minimum absolute atomic E-state index is 0.212. The van der Waals surface area contributed by atoms with Gasteiger partial charge in [0, 0.05) is 0 Å². The molecule has 0 aliphatic carbocycles. The van der Waals surface area contributed by atoms with Crippen molar-refractivity contribution in [3.63, 3.8) is 0 Å². The zero-order valence-corrected chi connectivity index (χ0v) is 10.5. The quantitative estimate of drug-likeness (QED) is 0.571. The first kappa shape index (κ1) is 15.4. The molecule has 0 unspecified atom stereocenters. The second-order valence-corrected chi connectivity index (χ2v) is 3.95. The Kier molecular flexibility index (Phi) is 7.36. The number of hydrogen-bond acceptors (Lipinski definition) is 5. The Balaban J connectivity index is 5.30. The summed E-state index contributed by atoms with van der Waals surface area (Å²) in [4.78, 5) is 12.1. The van der Waals surface area contributed by atoms with Crippen molar-refractivity contribution in [2.45, 2.75) is 25.3 Å². The molecule has 0 bridgehead atoms. The number of carboxylic acids is 1. The molecule has 0 rings (SSSR count). The molecule has 0 saturated heterocycles.